The van der Waals surface area contributed by atoms with E-state index in [1.807, 2.05) is 6.08 Å². The molecule has 0 spiro atoms. The number of rotatable bonds is 3. The van der Waals surface area contributed by atoms with Crippen LogP contribution in [0.4, 0.5) is 4.39 Å². The van der Waals surface area contributed by atoms with Gasteiger partial charge in [0.1, 0.15) is 5.83 Å². The second-order valence-corrected chi connectivity index (χ2v) is 4.72. The van der Waals surface area contributed by atoms with Crippen molar-refractivity contribution < 1.29 is 9.13 Å². The molecule has 0 heterocycles. The largest absolute Gasteiger partial charge is 0.380 e. The van der Waals surface area contributed by atoms with Crippen molar-refractivity contribution in [2.75, 3.05) is 13.7 Å². The van der Waals surface area contributed by atoms with E-state index in [0.29, 0.717) is 18.6 Å². The van der Waals surface area contributed by atoms with Gasteiger partial charge in [0, 0.05) is 25.0 Å². The number of methoxy groups -OCH3 is 1. The summed E-state index contributed by atoms with van der Waals surface area (Å²) in [6.45, 7) is 2.46. The van der Waals surface area contributed by atoms with E-state index < -0.39 is 0 Å². The first-order valence-corrected chi connectivity index (χ1v) is 6.12. The van der Waals surface area contributed by atoms with Crippen LogP contribution in [-0.4, -0.2) is 13.7 Å². The first-order chi connectivity index (χ1) is 8.22. The standard InChI is InChI=1S/C15H19FO/c1-11-8-13(10-17-2)15(16)9-14(11)12-6-4-3-5-7-12/h3-4,6,8,14H,5,7,9-10H2,1-2H3. The molecule has 0 aromatic carbocycles. The molecule has 0 amide bonds. The van der Waals surface area contributed by atoms with E-state index in [-0.39, 0.29) is 11.7 Å². The lowest BCUT2D eigenvalue weighted by Gasteiger charge is -2.26. The highest BCUT2D eigenvalue weighted by atomic mass is 19.1. The van der Waals surface area contributed by atoms with Crippen molar-refractivity contribution in [1.29, 1.82) is 0 Å². The van der Waals surface area contributed by atoms with Crippen LogP contribution in [0.2, 0.25) is 0 Å². The second kappa shape index (κ2) is 5.46. The van der Waals surface area contributed by atoms with E-state index in [0.717, 1.165) is 12.8 Å². The highest BCUT2D eigenvalue weighted by Gasteiger charge is 2.24. The Bertz CT molecular complexity index is 413. The van der Waals surface area contributed by atoms with Crippen LogP contribution in [0.15, 0.2) is 46.9 Å². The summed E-state index contributed by atoms with van der Waals surface area (Å²) in [5.74, 6) is 0.235. The molecule has 1 nitrogen and oxygen atoms in total. The number of hydrogen-bond donors (Lipinski definition) is 0. The van der Waals surface area contributed by atoms with Gasteiger partial charge in [-0.3, -0.25) is 0 Å². The molecule has 1 unspecified atom stereocenters. The van der Waals surface area contributed by atoms with Crippen molar-refractivity contribution in [2.24, 2.45) is 5.92 Å². The van der Waals surface area contributed by atoms with Crippen LogP contribution in [0.3, 0.4) is 0 Å². The van der Waals surface area contributed by atoms with Crippen LogP contribution in [0, 0.1) is 5.92 Å². The van der Waals surface area contributed by atoms with Crippen molar-refractivity contribution >= 4 is 0 Å². The third kappa shape index (κ3) is 2.75. The van der Waals surface area contributed by atoms with E-state index in [4.69, 9.17) is 4.74 Å². The average molecular weight is 234 g/mol. The molecule has 0 aliphatic heterocycles. The fourth-order valence-electron chi connectivity index (χ4n) is 2.54. The van der Waals surface area contributed by atoms with E-state index in [2.05, 4.69) is 25.2 Å². The lowest BCUT2D eigenvalue weighted by Crippen LogP contribution is -2.13. The number of ether oxygens (including phenoxy) is 1. The fraction of sp³-hybridized carbons (Fsp3) is 0.467. The molecule has 1 atom stereocenters. The smallest absolute Gasteiger partial charge is 0.106 e. The van der Waals surface area contributed by atoms with Gasteiger partial charge in [-0.25, -0.2) is 4.39 Å². The van der Waals surface area contributed by atoms with Gasteiger partial charge in [0.2, 0.25) is 0 Å². The van der Waals surface area contributed by atoms with Gasteiger partial charge in [-0.15, -0.1) is 0 Å². The Morgan fingerprint density at radius 3 is 2.94 bits per heavy atom. The quantitative estimate of drug-likeness (QED) is 0.714. The third-order valence-corrected chi connectivity index (χ3v) is 3.48. The highest BCUT2D eigenvalue weighted by molar-refractivity contribution is 5.38. The summed E-state index contributed by atoms with van der Waals surface area (Å²) >= 11 is 0. The number of allylic oxidation sites excluding steroid dienone is 6. The van der Waals surface area contributed by atoms with Crippen LogP contribution in [0.25, 0.3) is 0 Å². The molecule has 92 valence electrons. The monoisotopic (exact) mass is 234 g/mol. The molecule has 2 rings (SSSR count). The van der Waals surface area contributed by atoms with E-state index >= 15 is 0 Å². The molecular weight excluding hydrogens is 215 g/mol. The van der Waals surface area contributed by atoms with Crippen molar-refractivity contribution in [3.63, 3.8) is 0 Å². The van der Waals surface area contributed by atoms with Gasteiger partial charge in [-0.05, 0) is 19.8 Å². The van der Waals surface area contributed by atoms with Gasteiger partial charge in [0.25, 0.3) is 0 Å². The molecule has 0 saturated carbocycles. The molecule has 0 radical (unpaired) electrons. The second-order valence-electron chi connectivity index (χ2n) is 4.72. The average Bonchev–Trinajstić information content (AvgIpc) is 2.35. The summed E-state index contributed by atoms with van der Waals surface area (Å²) in [5.41, 5.74) is 3.31. The topological polar surface area (TPSA) is 9.23 Å². The summed E-state index contributed by atoms with van der Waals surface area (Å²) in [5, 5.41) is 0. The third-order valence-electron chi connectivity index (χ3n) is 3.48. The van der Waals surface area contributed by atoms with Crippen molar-refractivity contribution in [1.82, 2.24) is 0 Å². The molecule has 2 aliphatic rings. The molecule has 0 fully saturated rings. The number of halogens is 1. The van der Waals surface area contributed by atoms with Crippen LogP contribution in [-0.2, 0) is 4.74 Å². The van der Waals surface area contributed by atoms with Crippen molar-refractivity contribution in [3.05, 3.63) is 46.9 Å². The lowest BCUT2D eigenvalue weighted by atomic mass is 9.80. The van der Waals surface area contributed by atoms with Crippen LogP contribution in [0.1, 0.15) is 26.2 Å². The van der Waals surface area contributed by atoms with Gasteiger partial charge in [0.15, 0.2) is 0 Å². The Hall–Kier alpha value is -1.15. The number of hydrogen-bond acceptors (Lipinski definition) is 1. The molecule has 2 aliphatic carbocycles. The Kier molecular flexibility index (Phi) is 3.95. The van der Waals surface area contributed by atoms with Crippen LogP contribution < -0.4 is 0 Å². The van der Waals surface area contributed by atoms with E-state index in [1.54, 1.807) is 7.11 Å². The maximum absolute atomic E-state index is 13.9. The molecular formula is C15H19FO. The van der Waals surface area contributed by atoms with Gasteiger partial charge in [-0.1, -0.05) is 35.5 Å². The highest BCUT2D eigenvalue weighted by Crippen LogP contribution is 2.37. The lowest BCUT2D eigenvalue weighted by molar-refractivity contribution is 0.224. The van der Waals surface area contributed by atoms with Crippen LogP contribution in [0.5, 0.6) is 0 Å². The summed E-state index contributed by atoms with van der Waals surface area (Å²) in [6.07, 6.45) is 11.0. The SMILES string of the molecule is COCC1=C(F)CC(C2=CC=CCC2)C(C)=C1. The molecule has 2 heteroatoms. The molecule has 0 bridgehead atoms. The normalized spacial score (nSPS) is 24.8. The molecule has 0 N–H and O–H groups in total. The minimum absolute atomic E-state index is 0.0158. The Balaban J connectivity index is 2.17. The molecule has 0 saturated heterocycles. The minimum Gasteiger partial charge on any atom is -0.380 e. The first-order valence-electron chi connectivity index (χ1n) is 6.12. The summed E-state index contributed by atoms with van der Waals surface area (Å²) in [4.78, 5) is 0. The van der Waals surface area contributed by atoms with Crippen molar-refractivity contribution in [3.8, 4) is 0 Å². The first kappa shape index (κ1) is 12.3. The maximum Gasteiger partial charge on any atom is 0.106 e. The fourth-order valence-corrected chi connectivity index (χ4v) is 2.54. The molecule has 17 heavy (non-hydrogen) atoms. The zero-order valence-electron chi connectivity index (χ0n) is 10.5. The molecule has 0 aromatic heterocycles. The van der Waals surface area contributed by atoms with Gasteiger partial charge < -0.3 is 4.74 Å². The minimum atomic E-state index is -0.0158. The Morgan fingerprint density at radius 2 is 2.29 bits per heavy atom. The predicted molar refractivity (Wildman–Crippen MR) is 68.3 cm³/mol. The summed E-state index contributed by atoms with van der Waals surface area (Å²) in [7, 11) is 1.60. The van der Waals surface area contributed by atoms with Crippen LogP contribution >= 0.6 is 0 Å². The van der Waals surface area contributed by atoms with Crippen molar-refractivity contribution in [2.45, 2.75) is 26.2 Å². The molecule has 0 aromatic rings. The van der Waals surface area contributed by atoms with Gasteiger partial charge >= 0.3 is 0 Å². The van der Waals surface area contributed by atoms with E-state index in [1.165, 1.54) is 11.1 Å². The summed E-state index contributed by atoms with van der Waals surface area (Å²) < 4.78 is 18.9. The zero-order valence-corrected chi connectivity index (χ0v) is 10.5. The predicted octanol–water partition coefficient (Wildman–Crippen LogP) is 4.10. The summed E-state index contributed by atoms with van der Waals surface area (Å²) in [6, 6.07) is 0. The maximum atomic E-state index is 13.9. The van der Waals surface area contributed by atoms with Gasteiger partial charge in [-0.2, -0.15) is 0 Å². The Morgan fingerprint density at radius 1 is 1.47 bits per heavy atom. The van der Waals surface area contributed by atoms with Gasteiger partial charge in [0.05, 0.1) is 6.61 Å². The van der Waals surface area contributed by atoms with E-state index in [9.17, 15) is 4.39 Å². The zero-order chi connectivity index (χ0) is 12.3. The Labute approximate surface area is 102 Å².